The molecule has 0 spiro atoms. The summed E-state index contributed by atoms with van der Waals surface area (Å²) in [6.45, 7) is 4.86. The first-order valence-corrected chi connectivity index (χ1v) is 8.90. The molecule has 2 N–H and O–H groups in total. The minimum Gasteiger partial charge on any atom is -0.292 e. The molecule has 23 heavy (non-hydrogen) atoms. The number of nitrogens with one attached hydrogen (secondary N) is 2. The maximum absolute atomic E-state index is 11.9. The number of carbonyl (C=O) groups is 2. The van der Waals surface area contributed by atoms with Crippen molar-refractivity contribution in [1.29, 1.82) is 0 Å². The van der Waals surface area contributed by atoms with Gasteiger partial charge in [-0.25, -0.2) is 4.98 Å². The maximum Gasteiger partial charge on any atom is 0.252 e. The summed E-state index contributed by atoms with van der Waals surface area (Å²) in [6, 6.07) is 2.06. The van der Waals surface area contributed by atoms with Crippen molar-refractivity contribution in [2.75, 3.05) is 13.6 Å². The van der Waals surface area contributed by atoms with E-state index < -0.39 is 0 Å². The largest absolute Gasteiger partial charge is 0.292 e. The molecule has 0 aliphatic carbocycles. The van der Waals surface area contributed by atoms with E-state index in [1.165, 1.54) is 21.8 Å². The summed E-state index contributed by atoms with van der Waals surface area (Å²) >= 11 is 3.11. The lowest BCUT2D eigenvalue weighted by atomic mass is 10.3. The van der Waals surface area contributed by atoms with Gasteiger partial charge < -0.3 is 0 Å². The van der Waals surface area contributed by atoms with Crippen LogP contribution in [0.2, 0.25) is 0 Å². The van der Waals surface area contributed by atoms with E-state index in [-0.39, 0.29) is 24.8 Å². The number of aryl methyl sites for hydroxylation is 2. The van der Waals surface area contributed by atoms with E-state index in [0.717, 1.165) is 10.7 Å². The van der Waals surface area contributed by atoms with Crippen LogP contribution in [0.5, 0.6) is 0 Å². The van der Waals surface area contributed by atoms with Crippen molar-refractivity contribution in [3.05, 3.63) is 38.0 Å². The summed E-state index contributed by atoms with van der Waals surface area (Å²) in [4.78, 5) is 31.0. The highest BCUT2D eigenvalue weighted by Crippen LogP contribution is 2.16. The topological polar surface area (TPSA) is 74.3 Å². The maximum atomic E-state index is 11.9. The Morgan fingerprint density at radius 3 is 2.57 bits per heavy atom. The van der Waals surface area contributed by atoms with Crippen LogP contribution in [0.25, 0.3) is 0 Å². The average Bonchev–Trinajstić information content (AvgIpc) is 3.06. The summed E-state index contributed by atoms with van der Waals surface area (Å²) in [5.74, 6) is -0.519. The average molecular weight is 352 g/mol. The van der Waals surface area contributed by atoms with Gasteiger partial charge in [-0.15, -0.1) is 22.7 Å². The monoisotopic (exact) mass is 352 g/mol. The van der Waals surface area contributed by atoms with Gasteiger partial charge in [-0.2, -0.15) is 0 Å². The molecule has 0 aliphatic heterocycles. The zero-order chi connectivity index (χ0) is 16.8. The van der Waals surface area contributed by atoms with E-state index in [1.54, 1.807) is 11.3 Å². The molecular formula is C15H20N4O2S2. The van der Waals surface area contributed by atoms with Gasteiger partial charge in [0.15, 0.2) is 0 Å². The van der Waals surface area contributed by atoms with Crippen LogP contribution in [0, 0.1) is 13.8 Å². The number of hydrazine groups is 1. The second-order valence-corrected chi connectivity index (χ2v) is 7.30. The predicted octanol–water partition coefficient (Wildman–Crippen LogP) is 1.64. The minimum absolute atomic E-state index is 0.170. The van der Waals surface area contributed by atoms with Gasteiger partial charge in [-0.05, 0) is 37.9 Å². The standard InChI is InChI=1S/C15H20N4O2S2/c1-10-4-5-22-12(10)7-19(3)8-14(21)18-17-13(20)6-15-16-11(2)9-23-15/h4-5,9H,6-8H2,1-3H3,(H,17,20)(H,18,21). The summed E-state index contributed by atoms with van der Waals surface area (Å²) in [5, 5.41) is 4.67. The van der Waals surface area contributed by atoms with E-state index >= 15 is 0 Å². The molecule has 2 rings (SSSR count). The third-order valence-electron chi connectivity index (χ3n) is 3.11. The lowest BCUT2D eigenvalue weighted by molar-refractivity contribution is -0.129. The van der Waals surface area contributed by atoms with Gasteiger partial charge in [-0.3, -0.25) is 25.3 Å². The Morgan fingerprint density at radius 2 is 1.96 bits per heavy atom. The Kier molecular flexibility index (Phi) is 6.26. The number of carbonyl (C=O) groups excluding carboxylic acids is 2. The number of amides is 2. The zero-order valence-corrected chi connectivity index (χ0v) is 15.0. The van der Waals surface area contributed by atoms with Gasteiger partial charge in [0, 0.05) is 22.5 Å². The van der Waals surface area contributed by atoms with E-state index in [0.29, 0.717) is 6.54 Å². The number of hydrogen-bond donors (Lipinski definition) is 2. The van der Waals surface area contributed by atoms with Crippen LogP contribution in [0.15, 0.2) is 16.8 Å². The molecule has 0 atom stereocenters. The van der Waals surface area contributed by atoms with Crippen molar-refractivity contribution in [2.45, 2.75) is 26.8 Å². The van der Waals surface area contributed by atoms with Crippen molar-refractivity contribution in [3.63, 3.8) is 0 Å². The SMILES string of the molecule is Cc1csc(CC(=O)NNC(=O)CN(C)Cc2sccc2C)n1. The molecule has 0 saturated carbocycles. The Hall–Kier alpha value is -1.77. The quantitative estimate of drug-likeness (QED) is 0.775. The van der Waals surface area contributed by atoms with Gasteiger partial charge in [0.25, 0.3) is 5.91 Å². The predicted molar refractivity (Wildman–Crippen MR) is 92.2 cm³/mol. The highest BCUT2D eigenvalue weighted by molar-refractivity contribution is 7.10. The van der Waals surface area contributed by atoms with Crippen molar-refractivity contribution >= 4 is 34.5 Å². The lowest BCUT2D eigenvalue weighted by Gasteiger charge is -2.16. The van der Waals surface area contributed by atoms with Crippen LogP contribution < -0.4 is 10.9 Å². The molecule has 6 nitrogen and oxygen atoms in total. The van der Waals surface area contributed by atoms with Crippen molar-refractivity contribution in [3.8, 4) is 0 Å². The Bertz CT molecular complexity index is 681. The fourth-order valence-electron chi connectivity index (χ4n) is 1.96. The fourth-order valence-corrected chi connectivity index (χ4v) is 3.71. The van der Waals surface area contributed by atoms with E-state index in [2.05, 4.69) is 28.8 Å². The first kappa shape index (κ1) is 17.6. The van der Waals surface area contributed by atoms with E-state index in [4.69, 9.17) is 0 Å². The second kappa shape index (κ2) is 8.19. The van der Waals surface area contributed by atoms with Crippen molar-refractivity contribution < 1.29 is 9.59 Å². The molecule has 0 saturated heterocycles. The molecule has 8 heteroatoms. The van der Waals surface area contributed by atoms with Crippen LogP contribution in [0.3, 0.4) is 0 Å². The Morgan fingerprint density at radius 1 is 1.22 bits per heavy atom. The van der Waals surface area contributed by atoms with Gasteiger partial charge in [0.05, 0.1) is 13.0 Å². The molecule has 2 aromatic heterocycles. The second-order valence-electron chi connectivity index (χ2n) is 5.35. The van der Waals surface area contributed by atoms with Gasteiger partial charge in [0.2, 0.25) is 5.91 Å². The van der Waals surface area contributed by atoms with Gasteiger partial charge in [0.1, 0.15) is 5.01 Å². The molecular weight excluding hydrogens is 332 g/mol. The summed E-state index contributed by atoms with van der Waals surface area (Å²) in [6.07, 6.45) is 0.170. The minimum atomic E-state index is -0.274. The summed E-state index contributed by atoms with van der Waals surface area (Å²) in [5.41, 5.74) is 6.98. The number of aromatic nitrogens is 1. The van der Waals surface area contributed by atoms with Gasteiger partial charge in [-0.1, -0.05) is 0 Å². The number of thiophene rings is 1. The number of thiazole rings is 1. The highest BCUT2D eigenvalue weighted by Gasteiger charge is 2.11. The van der Waals surface area contributed by atoms with Crippen molar-refractivity contribution in [2.24, 2.45) is 0 Å². The van der Waals surface area contributed by atoms with Gasteiger partial charge >= 0.3 is 0 Å². The molecule has 2 aromatic rings. The highest BCUT2D eigenvalue weighted by atomic mass is 32.1. The molecule has 0 radical (unpaired) electrons. The van der Waals surface area contributed by atoms with Crippen LogP contribution in [-0.4, -0.2) is 35.3 Å². The first-order valence-electron chi connectivity index (χ1n) is 7.14. The number of hydrogen-bond acceptors (Lipinski definition) is 6. The smallest absolute Gasteiger partial charge is 0.252 e. The van der Waals surface area contributed by atoms with Crippen LogP contribution in [-0.2, 0) is 22.6 Å². The number of nitrogens with zero attached hydrogens (tertiary/aromatic N) is 2. The van der Waals surface area contributed by atoms with E-state index in [9.17, 15) is 9.59 Å². The van der Waals surface area contributed by atoms with Crippen LogP contribution >= 0.6 is 22.7 Å². The lowest BCUT2D eigenvalue weighted by Crippen LogP contribution is -2.46. The molecule has 2 heterocycles. The Balaban J connectivity index is 1.70. The molecule has 2 amide bonds. The third-order valence-corrected chi connectivity index (χ3v) is 5.09. The zero-order valence-electron chi connectivity index (χ0n) is 13.4. The first-order chi connectivity index (χ1) is 10.9. The molecule has 0 unspecified atom stereocenters. The normalized spacial score (nSPS) is 10.8. The number of rotatable bonds is 6. The Labute approximate surface area is 143 Å². The van der Waals surface area contributed by atoms with Crippen LogP contribution in [0.1, 0.15) is 21.1 Å². The summed E-state index contributed by atoms with van der Waals surface area (Å²) < 4.78 is 0. The molecule has 0 aliphatic rings. The van der Waals surface area contributed by atoms with Crippen LogP contribution in [0.4, 0.5) is 0 Å². The fraction of sp³-hybridized carbons (Fsp3) is 0.400. The molecule has 0 fully saturated rings. The number of likely N-dealkylation sites (N-methyl/N-ethyl adjacent to an activating group) is 1. The third kappa shape index (κ3) is 5.74. The summed E-state index contributed by atoms with van der Waals surface area (Å²) in [7, 11) is 1.87. The molecule has 124 valence electrons. The molecule has 0 aromatic carbocycles. The van der Waals surface area contributed by atoms with E-state index in [1.807, 2.05) is 29.6 Å². The molecule has 0 bridgehead atoms. The van der Waals surface area contributed by atoms with Crippen molar-refractivity contribution in [1.82, 2.24) is 20.7 Å².